The van der Waals surface area contributed by atoms with Gasteiger partial charge in [0.05, 0.1) is 0 Å². The number of aromatic nitrogens is 1. The van der Waals surface area contributed by atoms with Gasteiger partial charge in [0.2, 0.25) is 10.0 Å². The van der Waals surface area contributed by atoms with Crippen molar-refractivity contribution in [3.05, 3.63) is 47.5 Å². The van der Waals surface area contributed by atoms with E-state index in [1.165, 1.54) is 7.05 Å². The first kappa shape index (κ1) is 21.3. The molecular weight excluding hydrogens is 411 g/mol. The summed E-state index contributed by atoms with van der Waals surface area (Å²) < 4.78 is 69.8. The van der Waals surface area contributed by atoms with Crippen LogP contribution in [0.1, 0.15) is 29.8 Å². The van der Waals surface area contributed by atoms with Crippen molar-refractivity contribution in [1.29, 1.82) is 0 Å². The predicted octanol–water partition coefficient (Wildman–Crippen LogP) is 2.13. The number of nitrogens with one attached hydrogen (secondary N) is 2. The molecule has 7 nitrogen and oxygen atoms in total. The molecule has 2 aromatic rings. The summed E-state index contributed by atoms with van der Waals surface area (Å²) in [7, 11) is -3.00. The number of anilines is 1. The molecule has 1 aromatic carbocycles. The van der Waals surface area contributed by atoms with Gasteiger partial charge in [0.15, 0.2) is 17.5 Å². The number of nitrogens with zero attached hydrogens (tertiary/aromatic N) is 1. The number of aryl methyl sites for hydroxylation is 1. The molecule has 0 bridgehead atoms. The van der Waals surface area contributed by atoms with Gasteiger partial charge in [-0.1, -0.05) is 6.42 Å². The third-order valence-corrected chi connectivity index (χ3v) is 6.45. The third kappa shape index (κ3) is 4.31. The quantitative estimate of drug-likeness (QED) is 0.652. The molecule has 3 N–H and O–H groups in total. The fraction of sp³-hybridized carbons (Fsp3) is 0.389. The van der Waals surface area contributed by atoms with Gasteiger partial charge < -0.3 is 15.0 Å². The van der Waals surface area contributed by atoms with E-state index in [-0.39, 0.29) is 18.2 Å². The highest BCUT2D eigenvalue weighted by Gasteiger charge is 2.34. The number of hydrogen-bond acceptors (Lipinski definition) is 4. The zero-order valence-electron chi connectivity index (χ0n) is 15.5. The lowest BCUT2D eigenvalue weighted by atomic mass is 10.1. The van der Waals surface area contributed by atoms with Crippen molar-refractivity contribution in [2.45, 2.75) is 30.2 Å². The number of aliphatic hydroxyl groups excluding tert-OH is 1. The highest BCUT2D eigenvalue weighted by Crippen LogP contribution is 2.28. The number of halogens is 3. The number of carbonyl (C=O) groups is 1. The highest BCUT2D eigenvalue weighted by molar-refractivity contribution is 7.89. The second kappa shape index (κ2) is 8.17. The third-order valence-electron chi connectivity index (χ3n) is 4.97. The Bertz CT molecular complexity index is 1040. The number of sulfonamides is 1. The van der Waals surface area contributed by atoms with Gasteiger partial charge in [-0.05, 0) is 30.9 Å². The number of carbonyl (C=O) groups excluding carboxylic acids is 1. The van der Waals surface area contributed by atoms with Gasteiger partial charge in [-0.15, -0.1) is 0 Å². The smallest absolute Gasteiger partial charge is 0.275 e. The van der Waals surface area contributed by atoms with E-state index in [1.54, 1.807) is 0 Å². The number of aliphatic hydroxyl groups is 1. The van der Waals surface area contributed by atoms with Gasteiger partial charge in [-0.3, -0.25) is 4.79 Å². The van der Waals surface area contributed by atoms with E-state index in [9.17, 15) is 31.5 Å². The molecule has 1 amide bonds. The van der Waals surface area contributed by atoms with Gasteiger partial charge >= 0.3 is 0 Å². The fourth-order valence-corrected chi connectivity index (χ4v) is 4.92. The van der Waals surface area contributed by atoms with Crippen LogP contribution in [0.2, 0.25) is 0 Å². The topological polar surface area (TPSA) is 100 Å². The SMILES string of the molecule is Cn1cc(S(=O)(=O)NC2CCC[C@H]2CO)c(F)c1C(=O)Nc1ccc(F)c(F)c1. The van der Waals surface area contributed by atoms with Crippen LogP contribution in [0.5, 0.6) is 0 Å². The average Bonchev–Trinajstić information content (AvgIpc) is 3.21. The van der Waals surface area contributed by atoms with E-state index in [0.717, 1.165) is 35.4 Å². The van der Waals surface area contributed by atoms with Crippen LogP contribution in [0, 0.1) is 23.4 Å². The van der Waals surface area contributed by atoms with E-state index < -0.39 is 50.0 Å². The van der Waals surface area contributed by atoms with Gasteiger partial charge in [0.1, 0.15) is 10.6 Å². The molecule has 0 radical (unpaired) electrons. The van der Waals surface area contributed by atoms with E-state index in [4.69, 9.17) is 0 Å². The molecular formula is C18H20F3N3O4S. The zero-order valence-corrected chi connectivity index (χ0v) is 16.3. The second-order valence-corrected chi connectivity index (χ2v) is 8.63. The maximum Gasteiger partial charge on any atom is 0.275 e. The van der Waals surface area contributed by atoms with Crippen molar-refractivity contribution in [1.82, 2.24) is 9.29 Å². The van der Waals surface area contributed by atoms with Crippen LogP contribution in [0.4, 0.5) is 18.9 Å². The van der Waals surface area contributed by atoms with Crippen molar-refractivity contribution in [2.75, 3.05) is 11.9 Å². The van der Waals surface area contributed by atoms with Crippen LogP contribution in [0.3, 0.4) is 0 Å². The molecule has 1 saturated carbocycles. The molecule has 0 saturated heterocycles. The fourth-order valence-electron chi connectivity index (χ4n) is 3.45. The standard InChI is InChI=1S/C18H20F3N3O4S/c1-24-8-15(29(27,28)23-14-4-2-3-10(14)9-25)16(21)17(24)18(26)22-11-5-6-12(19)13(20)7-11/h5-8,10,14,23,25H,2-4,9H2,1H3,(H,22,26)/t10-,14?/m0/s1. The summed E-state index contributed by atoms with van der Waals surface area (Å²) in [6.45, 7) is -0.188. The van der Waals surface area contributed by atoms with Crippen molar-refractivity contribution in [2.24, 2.45) is 13.0 Å². The van der Waals surface area contributed by atoms with Crippen molar-refractivity contribution >= 4 is 21.6 Å². The lowest BCUT2D eigenvalue weighted by Crippen LogP contribution is -2.38. The zero-order chi connectivity index (χ0) is 21.3. The van der Waals surface area contributed by atoms with E-state index in [0.29, 0.717) is 12.8 Å². The van der Waals surface area contributed by atoms with Crippen molar-refractivity contribution in [3.63, 3.8) is 0 Å². The van der Waals surface area contributed by atoms with Gasteiger partial charge in [-0.25, -0.2) is 26.3 Å². The van der Waals surface area contributed by atoms with Crippen LogP contribution in [0.15, 0.2) is 29.3 Å². The Labute approximate surface area is 165 Å². The summed E-state index contributed by atoms with van der Waals surface area (Å²) >= 11 is 0. The summed E-state index contributed by atoms with van der Waals surface area (Å²) in [5.41, 5.74) is -0.700. The number of hydrogen-bond donors (Lipinski definition) is 3. The van der Waals surface area contributed by atoms with Crippen LogP contribution < -0.4 is 10.0 Å². The lowest BCUT2D eigenvalue weighted by molar-refractivity contribution is 0.101. The van der Waals surface area contributed by atoms with Crippen LogP contribution in [-0.4, -0.2) is 36.6 Å². The van der Waals surface area contributed by atoms with E-state index in [2.05, 4.69) is 10.0 Å². The summed E-state index contributed by atoms with van der Waals surface area (Å²) in [4.78, 5) is 11.7. The maximum atomic E-state index is 14.9. The molecule has 1 unspecified atom stereocenters. The summed E-state index contributed by atoms with van der Waals surface area (Å²) in [6.07, 6.45) is 2.86. The average molecular weight is 431 g/mol. The molecule has 11 heteroatoms. The maximum absolute atomic E-state index is 14.9. The minimum absolute atomic E-state index is 0.117. The van der Waals surface area contributed by atoms with Crippen LogP contribution in [-0.2, 0) is 17.1 Å². The van der Waals surface area contributed by atoms with Crippen molar-refractivity contribution in [3.8, 4) is 0 Å². The molecule has 1 fully saturated rings. The summed E-state index contributed by atoms with van der Waals surface area (Å²) in [5.74, 6) is -4.85. The molecule has 1 aliphatic rings. The summed E-state index contributed by atoms with van der Waals surface area (Å²) in [6, 6.07) is 2.09. The Morgan fingerprint density at radius 1 is 1.24 bits per heavy atom. The van der Waals surface area contributed by atoms with Crippen LogP contribution in [0.25, 0.3) is 0 Å². The number of benzene rings is 1. The number of rotatable bonds is 6. The van der Waals surface area contributed by atoms with E-state index >= 15 is 0 Å². The van der Waals surface area contributed by atoms with Gasteiger partial charge in [0, 0.05) is 37.6 Å². The lowest BCUT2D eigenvalue weighted by Gasteiger charge is -2.18. The molecule has 1 aliphatic carbocycles. The van der Waals surface area contributed by atoms with Crippen molar-refractivity contribution < 1.29 is 31.5 Å². The van der Waals surface area contributed by atoms with E-state index in [1.807, 2.05) is 0 Å². The largest absolute Gasteiger partial charge is 0.396 e. The minimum Gasteiger partial charge on any atom is -0.396 e. The molecule has 1 aromatic heterocycles. The second-order valence-electron chi connectivity index (χ2n) is 6.95. The van der Waals surface area contributed by atoms with Crippen LogP contribution >= 0.6 is 0 Å². The van der Waals surface area contributed by atoms with Gasteiger partial charge in [0.25, 0.3) is 5.91 Å². The molecule has 158 valence electrons. The molecule has 0 spiro atoms. The monoisotopic (exact) mass is 431 g/mol. The predicted molar refractivity (Wildman–Crippen MR) is 98.2 cm³/mol. The molecule has 0 aliphatic heterocycles. The Hall–Kier alpha value is -2.37. The first-order chi connectivity index (χ1) is 13.6. The first-order valence-corrected chi connectivity index (χ1v) is 10.4. The molecule has 29 heavy (non-hydrogen) atoms. The molecule has 3 rings (SSSR count). The molecule has 2 atom stereocenters. The minimum atomic E-state index is -4.28. The molecule has 1 heterocycles. The first-order valence-electron chi connectivity index (χ1n) is 8.88. The Morgan fingerprint density at radius 2 is 1.97 bits per heavy atom. The highest BCUT2D eigenvalue weighted by atomic mass is 32.2. The Balaban J connectivity index is 1.85. The Morgan fingerprint density at radius 3 is 2.62 bits per heavy atom. The van der Waals surface area contributed by atoms with Gasteiger partial charge in [-0.2, -0.15) is 0 Å². The normalized spacial score (nSPS) is 19.5. The Kier molecular flexibility index (Phi) is 6.01. The number of amides is 1. The summed E-state index contributed by atoms with van der Waals surface area (Å²) in [5, 5.41) is 11.5.